The Kier molecular flexibility index (Phi) is 7.74. The van der Waals surface area contributed by atoms with Crippen LogP contribution in [0.25, 0.3) is 11.0 Å². The van der Waals surface area contributed by atoms with Crippen LogP contribution in [0.2, 0.25) is 0 Å². The van der Waals surface area contributed by atoms with Gasteiger partial charge in [0.2, 0.25) is 11.9 Å². The molecule has 2 saturated heterocycles. The van der Waals surface area contributed by atoms with E-state index in [2.05, 4.69) is 11.9 Å². The molecular weight excluding hydrogens is 516 g/mol. The third-order valence-electron chi connectivity index (χ3n) is 7.47. The van der Waals surface area contributed by atoms with Gasteiger partial charge in [-0.1, -0.05) is 30.3 Å². The molecule has 10 heteroatoms. The Bertz CT molecular complexity index is 1500. The van der Waals surface area contributed by atoms with E-state index >= 15 is 0 Å². The number of fused-ring (bicyclic) bond motifs is 1. The number of carbonyl (C=O) groups is 2. The number of hydrogen-bond acceptors (Lipinski definition) is 6. The summed E-state index contributed by atoms with van der Waals surface area (Å²) in [7, 11) is -3.03. The molecule has 39 heavy (non-hydrogen) atoms. The number of aryl methyl sites for hydroxylation is 1. The van der Waals surface area contributed by atoms with Crippen LogP contribution in [0.3, 0.4) is 0 Å². The van der Waals surface area contributed by atoms with Gasteiger partial charge in [0.1, 0.15) is 17.4 Å². The molecule has 0 bridgehead atoms. The van der Waals surface area contributed by atoms with Crippen LogP contribution in [0.1, 0.15) is 54.1 Å². The highest BCUT2D eigenvalue weighted by molar-refractivity contribution is 7.91. The Morgan fingerprint density at radius 2 is 1.87 bits per heavy atom. The van der Waals surface area contributed by atoms with Gasteiger partial charge in [-0.2, -0.15) is 0 Å². The maximum absolute atomic E-state index is 13.3. The first-order valence-corrected chi connectivity index (χ1v) is 15.2. The molecule has 0 saturated carbocycles. The summed E-state index contributed by atoms with van der Waals surface area (Å²) in [6.07, 6.45) is 4.51. The maximum atomic E-state index is 13.3. The van der Waals surface area contributed by atoms with Gasteiger partial charge in [0.25, 0.3) is 5.91 Å². The summed E-state index contributed by atoms with van der Waals surface area (Å²) in [5.74, 6) is 0.778. The van der Waals surface area contributed by atoms with E-state index in [1.807, 2.05) is 47.9 Å². The molecule has 9 nitrogen and oxygen atoms in total. The van der Waals surface area contributed by atoms with Crippen molar-refractivity contribution in [1.29, 1.82) is 0 Å². The van der Waals surface area contributed by atoms with Gasteiger partial charge in [0.05, 0.1) is 23.1 Å². The van der Waals surface area contributed by atoms with Crippen LogP contribution in [-0.4, -0.2) is 65.4 Å². The molecule has 0 aliphatic carbocycles. The molecule has 0 unspecified atom stereocenters. The van der Waals surface area contributed by atoms with E-state index in [0.29, 0.717) is 48.7 Å². The first-order chi connectivity index (χ1) is 18.7. The monoisotopic (exact) mass is 550 g/mol. The lowest BCUT2D eigenvalue weighted by Gasteiger charge is -2.27. The average Bonchev–Trinajstić information content (AvgIpc) is 3.10. The predicted molar refractivity (Wildman–Crippen MR) is 151 cm³/mol. The number of sulfone groups is 1. The summed E-state index contributed by atoms with van der Waals surface area (Å²) >= 11 is 0. The molecule has 2 amide bonds. The maximum Gasteiger partial charge on any atom is 0.257 e. The largest absolute Gasteiger partial charge is 0.488 e. The molecule has 1 aromatic heterocycles. The predicted octanol–water partition coefficient (Wildman–Crippen LogP) is 4.29. The zero-order valence-electron chi connectivity index (χ0n) is 22.1. The lowest BCUT2D eigenvalue weighted by atomic mass is 10.1. The molecule has 2 aliphatic heterocycles. The quantitative estimate of drug-likeness (QED) is 0.459. The topological polar surface area (TPSA) is 111 Å². The first kappa shape index (κ1) is 26.9. The number of para-hydroxylation sites is 1. The number of rotatable bonds is 6. The molecule has 0 radical (unpaired) electrons. The summed E-state index contributed by atoms with van der Waals surface area (Å²) in [5, 5.41) is 3.02. The number of imidazole rings is 1. The summed E-state index contributed by atoms with van der Waals surface area (Å²) in [5.41, 5.74) is 2.88. The van der Waals surface area contributed by atoms with E-state index in [-0.39, 0.29) is 35.5 Å². The molecular formula is C29H34N4O5S. The molecule has 3 heterocycles. The van der Waals surface area contributed by atoms with E-state index < -0.39 is 9.84 Å². The van der Waals surface area contributed by atoms with Gasteiger partial charge in [-0.25, -0.2) is 13.4 Å². The van der Waals surface area contributed by atoms with Gasteiger partial charge >= 0.3 is 0 Å². The Labute approximate surface area is 228 Å². The van der Waals surface area contributed by atoms with E-state index in [9.17, 15) is 18.0 Å². The molecule has 1 atom stereocenters. The van der Waals surface area contributed by atoms with Crippen LogP contribution in [-0.2, 0) is 14.6 Å². The zero-order chi connectivity index (χ0) is 27.6. The molecule has 206 valence electrons. The number of benzene rings is 2. The van der Waals surface area contributed by atoms with Gasteiger partial charge in [-0.3, -0.25) is 14.9 Å². The van der Waals surface area contributed by atoms with Gasteiger partial charge in [0, 0.05) is 18.7 Å². The Balaban J connectivity index is 1.56. The summed E-state index contributed by atoms with van der Waals surface area (Å²) in [6, 6.07) is 12.8. The normalized spacial score (nSPS) is 19.8. The minimum Gasteiger partial charge on any atom is -0.488 e. The van der Waals surface area contributed by atoms with E-state index in [1.165, 1.54) is 6.08 Å². The number of anilines is 1. The van der Waals surface area contributed by atoms with Gasteiger partial charge in [-0.05, 0) is 69.4 Å². The molecule has 3 aromatic rings. The van der Waals surface area contributed by atoms with E-state index in [1.54, 1.807) is 11.0 Å². The van der Waals surface area contributed by atoms with Crippen molar-refractivity contribution in [3.8, 4) is 5.75 Å². The van der Waals surface area contributed by atoms with Crippen molar-refractivity contribution in [2.45, 2.75) is 51.2 Å². The lowest BCUT2D eigenvalue weighted by Crippen LogP contribution is -2.34. The Morgan fingerprint density at radius 1 is 1.10 bits per heavy atom. The van der Waals surface area contributed by atoms with Crippen molar-refractivity contribution in [2.24, 2.45) is 0 Å². The SMILES string of the molecule is C=CC(=O)N1CCCC[C@@H](n2c(NC(=O)c3cccc(C)c3)nc3cccc(OC4CCS(=O)(=O)CC4)c32)C1. The molecule has 1 N–H and O–H groups in total. The van der Waals surface area contributed by atoms with Crippen molar-refractivity contribution < 1.29 is 22.7 Å². The minimum absolute atomic E-state index is 0.103. The van der Waals surface area contributed by atoms with Gasteiger partial charge < -0.3 is 14.2 Å². The van der Waals surface area contributed by atoms with Gasteiger partial charge in [-0.15, -0.1) is 0 Å². The molecule has 2 aliphatic rings. The second kappa shape index (κ2) is 11.2. The summed E-state index contributed by atoms with van der Waals surface area (Å²) in [4.78, 5) is 32.5. The fourth-order valence-electron chi connectivity index (χ4n) is 5.44. The number of nitrogens with one attached hydrogen (secondary N) is 1. The van der Waals surface area contributed by atoms with Crippen LogP contribution in [0.15, 0.2) is 55.1 Å². The first-order valence-electron chi connectivity index (χ1n) is 13.4. The Morgan fingerprint density at radius 3 is 2.62 bits per heavy atom. The lowest BCUT2D eigenvalue weighted by molar-refractivity contribution is -0.126. The third-order valence-corrected chi connectivity index (χ3v) is 9.19. The fourth-order valence-corrected chi connectivity index (χ4v) is 6.89. The molecule has 2 fully saturated rings. The van der Waals surface area contributed by atoms with Crippen molar-refractivity contribution in [3.05, 3.63) is 66.2 Å². The minimum atomic E-state index is -3.03. The molecule has 5 rings (SSSR count). The standard InChI is InChI=1S/C29H34N4O5S/c1-3-26(34)32-15-5-4-10-22(19-32)33-27-24(30-29(33)31-28(35)21-9-6-8-20(2)18-21)11-7-12-25(27)38-23-13-16-39(36,37)17-14-23/h3,6-9,11-12,18,22-23H,1,4-5,10,13-17,19H2,2H3,(H,30,31,35)/t22-/m1/s1. The summed E-state index contributed by atoms with van der Waals surface area (Å²) < 4.78 is 32.3. The number of nitrogens with zero attached hydrogens (tertiary/aromatic N) is 3. The number of ether oxygens (including phenoxy) is 1. The van der Waals surface area contributed by atoms with E-state index in [4.69, 9.17) is 9.72 Å². The van der Waals surface area contributed by atoms with Crippen molar-refractivity contribution in [3.63, 3.8) is 0 Å². The van der Waals surface area contributed by atoms with Crippen molar-refractivity contribution in [2.75, 3.05) is 29.9 Å². The smallest absolute Gasteiger partial charge is 0.257 e. The van der Waals surface area contributed by atoms with Crippen LogP contribution in [0.5, 0.6) is 5.75 Å². The van der Waals surface area contributed by atoms with Crippen molar-refractivity contribution >= 4 is 38.6 Å². The number of likely N-dealkylation sites (tertiary alicyclic amines) is 1. The van der Waals surface area contributed by atoms with Crippen LogP contribution in [0, 0.1) is 6.92 Å². The van der Waals surface area contributed by atoms with Crippen LogP contribution < -0.4 is 10.1 Å². The fraction of sp³-hybridized carbons (Fsp3) is 0.414. The Hall–Kier alpha value is -3.66. The highest BCUT2D eigenvalue weighted by Crippen LogP contribution is 2.36. The van der Waals surface area contributed by atoms with Crippen LogP contribution >= 0.6 is 0 Å². The zero-order valence-corrected chi connectivity index (χ0v) is 23.0. The van der Waals surface area contributed by atoms with Crippen LogP contribution in [0.4, 0.5) is 5.95 Å². The number of carbonyl (C=O) groups excluding carboxylic acids is 2. The number of amides is 2. The van der Waals surface area contributed by atoms with Crippen molar-refractivity contribution in [1.82, 2.24) is 14.5 Å². The average molecular weight is 551 g/mol. The van der Waals surface area contributed by atoms with E-state index in [0.717, 1.165) is 30.3 Å². The van der Waals surface area contributed by atoms with Gasteiger partial charge in [0.15, 0.2) is 9.84 Å². The number of aromatic nitrogens is 2. The highest BCUT2D eigenvalue weighted by atomic mass is 32.2. The third kappa shape index (κ3) is 6.00. The number of hydrogen-bond donors (Lipinski definition) is 1. The molecule has 0 spiro atoms. The second-order valence-electron chi connectivity index (χ2n) is 10.4. The highest BCUT2D eigenvalue weighted by Gasteiger charge is 2.30. The molecule has 2 aromatic carbocycles. The summed E-state index contributed by atoms with van der Waals surface area (Å²) in [6.45, 7) is 6.68. The second-order valence-corrected chi connectivity index (χ2v) is 12.7.